The van der Waals surface area contributed by atoms with Crippen molar-refractivity contribution < 1.29 is 9.53 Å². The molecule has 1 atom stereocenters. The van der Waals surface area contributed by atoms with Crippen LogP contribution in [0.4, 0.5) is 5.69 Å². The number of carbonyl (C=O) groups is 1. The second kappa shape index (κ2) is 7.04. The summed E-state index contributed by atoms with van der Waals surface area (Å²) in [4.78, 5) is 11.8. The summed E-state index contributed by atoms with van der Waals surface area (Å²) < 4.78 is 5.09. The zero-order valence-corrected chi connectivity index (χ0v) is 11.7. The van der Waals surface area contributed by atoms with Gasteiger partial charge in [0, 0.05) is 5.69 Å². The lowest BCUT2D eigenvalue weighted by molar-refractivity contribution is -0.144. The van der Waals surface area contributed by atoms with Crippen molar-refractivity contribution in [3.8, 4) is 0 Å². The van der Waals surface area contributed by atoms with E-state index in [1.807, 2.05) is 26.0 Å². The molecule has 0 spiro atoms. The second-order valence-corrected chi connectivity index (χ2v) is 4.56. The van der Waals surface area contributed by atoms with E-state index >= 15 is 0 Å². The highest BCUT2D eigenvalue weighted by Crippen LogP contribution is 2.18. The number of hydrogen-bond acceptors (Lipinski definition) is 3. The lowest BCUT2D eigenvalue weighted by Gasteiger charge is -2.19. The van der Waals surface area contributed by atoms with E-state index in [2.05, 4.69) is 25.2 Å². The molecule has 18 heavy (non-hydrogen) atoms. The monoisotopic (exact) mass is 249 g/mol. The van der Waals surface area contributed by atoms with Gasteiger partial charge in [0.1, 0.15) is 6.04 Å². The summed E-state index contributed by atoms with van der Waals surface area (Å²) in [6, 6.07) is 5.92. The third-order valence-corrected chi connectivity index (χ3v) is 2.86. The molecule has 1 unspecified atom stereocenters. The van der Waals surface area contributed by atoms with Crippen molar-refractivity contribution in [2.24, 2.45) is 0 Å². The van der Waals surface area contributed by atoms with E-state index < -0.39 is 0 Å². The number of rotatable bonds is 6. The molecule has 0 aliphatic heterocycles. The maximum Gasteiger partial charge on any atom is 0.328 e. The Balaban J connectivity index is 2.79. The van der Waals surface area contributed by atoms with Gasteiger partial charge in [-0.05, 0) is 38.8 Å². The Labute approximate surface area is 110 Å². The van der Waals surface area contributed by atoms with Crippen LogP contribution in [-0.4, -0.2) is 18.6 Å². The van der Waals surface area contributed by atoms with Crippen molar-refractivity contribution in [2.75, 3.05) is 11.9 Å². The van der Waals surface area contributed by atoms with Gasteiger partial charge in [-0.15, -0.1) is 0 Å². The molecular weight excluding hydrogens is 226 g/mol. The van der Waals surface area contributed by atoms with Gasteiger partial charge in [0.15, 0.2) is 0 Å². The normalized spacial score (nSPS) is 12.0. The average molecular weight is 249 g/mol. The van der Waals surface area contributed by atoms with E-state index in [0.717, 1.165) is 24.1 Å². The first kappa shape index (κ1) is 14.6. The summed E-state index contributed by atoms with van der Waals surface area (Å²) in [5, 5.41) is 3.29. The minimum absolute atomic E-state index is 0.167. The Kier molecular flexibility index (Phi) is 5.69. The van der Waals surface area contributed by atoms with Crippen LogP contribution in [0.3, 0.4) is 0 Å². The highest BCUT2D eigenvalue weighted by molar-refractivity contribution is 5.79. The van der Waals surface area contributed by atoms with E-state index in [1.165, 1.54) is 5.56 Å². The first-order valence-corrected chi connectivity index (χ1v) is 6.58. The summed E-state index contributed by atoms with van der Waals surface area (Å²) in [7, 11) is 0. The summed E-state index contributed by atoms with van der Waals surface area (Å²) in [6.45, 7) is 8.43. The number of esters is 1. The standard InChI is InChI=1S/C15H23NO2/c1-5-7-14(15(17)18-6-2)16-13-9-8-11(3)10-12(13)4/h8-10,14,16H,5-7H2,1-4H3. The van der Waals surface area contributed by atoms with Crippen molar-refractivity contribution in [3.05, 3.63) is 29.3 Å². The van der Waals surface area contributed by atoms with E-state index in [-0.39, 0.29) is 12.0 Å². The fourth-order valence-electron chi connectivity index (χ4n) is 1.94. The first-order chi connectivity index (χ1) is 8.58. The predicted molar refractivity (Wildman–Crippen MR) is 74.9 cm³/mol. The fraction of sp³-hybridized carbons (Fsp3) is 0.533. The van der Waals surface area contributed by atoms with Crippen LogP contribution in [0.2, 0.25) is 0 Å². The molecule has 0 saturated carbocycles. The summed E-state index contributed by atoms with van der Waals surface area (Å²) in [5.74, 6) is -0.167. The third kappa shape index (κ3) is 4.06. The molecule has 1 N–H and O–H groups in total. The number of anilines is 1. The molecule has 0 aliphatic carbocycles. The maximum absolute atomic E-state index is 11.8. The van der Waals surface area contributed by atoms with Crippen LogP contribution in [0.5, 0.6) is 0 Å². The molecule has 0 radical (unpaired) electrons. The molecule has 0 aromatic heterocycles. The molecule has 0 aliphatic rings. The second-order valence-electron chi connectivity index (χ2n) is 4.56. The molecule has 1 aromatic carbocycles. The van der Waals surface area contributed by atoms with Gasteiger partial charge in [-0.1, -0.05) is 31.0 Å². The van der Waals surface area contributed by atoms with Crippen LogP contribution in [0.25, 0.3) is 0 Å². The van der Waals surface area contributed by atoms with Crippen LogP contribution in [-0.2, 0) is 9.53 Å². The average Bonchev–Trinajstić information content (AvgIpc) is 2.32. The Morgan fingerprint density at radius 1 is 1.33 bits per heavy atom. The predicted octanol–water partition coefficient (Wildman–Crippen LogP) is 3.45. The summed E-state index contributed by atoms with van der Waals surface area (Å²) >= 11 is 0. The minimum Gasteiger partial charge on any atom is -0.464 e. The van der Waals surface area contributed by atoms with Crippen molar-refractivity contribution in [1.29, 1.82) is 0 Å². The van der Waals surface area contributed by atoms with Crippen molar-refractivity contribution >= 4 is 11.7 Å². The topological polar surface area (TPSA) is 38.3 Å². The number of benzene rings is 1. The van der Waals surface area contributed by atoms with E-state index in [4.69, 9.17) is 4.74 Å². The Morgan fingerprint density at radius 2 is 2.06 bits per heavy atom. The fourth-order valence-corrected chi connectivity index (χ4v) is 1.94. The quantitative estimate of drug-likeness (QED) is 0.785. The zero-order valence-electron chi connectivity index (χ0n) is 11.7. The molecule has 3 nitrogen and oxygen atoms in total. The molecule has 0 saturated heterocycles. The van der Waals surface area contributed by atoms with Crippen molar-refractivity contribution in [1.82, 2.24) is 0 Å². The van der Waals surface area contributed by atoms with Crippen LogP contribution >= 0.6 is 0 Å². The third-order valence-electron chi connectivity index (χ3n) is 2.86. The Hall–Kier alpha value is -1.51. The number of aryl methyl sites for hydroxylation is 2. The van der Waals surface area contributed by atoms with Gasteiger partial charge in [-0.3, -0.25) is 0 Å². The van der Waals surface area contributed by atoms with Gasteiger partial charge >= 0.3 is 5.97 Å². The van der Waals surface area contributed by atoms with E-state index in [0.29, 0.717) is 6.61 Å². The summed E-state index contributed by atoms with van der Waals surface area (Å²) in [6.07, 6.45) is 1.73. The lowest BCUT2D eigenvalue weighted by Crippen LogP contribution is -2.31. The number of ether oxygens (including phenoxy) is 1. The molecular formula is C15H23NO2. The lowest BCUT2D eigenvalue weighted by atomic mass is 10.1. The van der Waals surface area contributed by atoms with Crippen LogP contribution < -0.4 is 5.32 Å². The number of carbonyl (C=O) groups excluding carboxylic acids is 1. The van der Waals surface area contributed by atoms with E-state index in [9.17, 15) is 4.79 Å². The molecule has 0 heterocycles. The minimum atomic E-state index is -0.253. The molecule has 100 valence electrons. The van der Waals surface area contributed by atoms with Crippen molar-refractivity contribution in [2.45, 2.75) is 46.6 Å². The maximum atomic E-state index is 11.8. The van der Waals surface area contributed by atoms with E-state index in [1.54, 1.807) is 0 Å². The smallest absolute Gasteiger partial charge is 0.328 e. The van der Waals surface area contributed by atoms with Gasteiger partial charge < -0.3 is 10.1 Å². The Bertz CT molecular complexity index is 401. The number of hydrogen-bond donors (Lipinski definition) is 1. The van der Waals surface area contributed by atoms with Crippen LogP contribution in [0.1, 0.15) is 37.8 Å². The SMILES string of the molecule is CCCC(Nc1ccc(C)cc1C)C(=O)OCC. The molecule has 0 amide bonds. The zero-order chi connectivity index (χ0) is 13.5. The number of nitrogens with one attached hydrogen (secondary N) is 1. The van der Waals surface area contributed by atoms with Crippen LogP contribution in [0, 0.1) is 13.8 Å². The molecule has 0 bridgehead atoms. The summed E-state index contributed by atoms with van der Waals surface area (Å²) in [5.41, 5.74) is 3.38. The molecule has 1 aromatic rings. The Morgan fingerprint density at radius 3 is 2.61 bits per heavy atom. The van der Waals surface area contributed by atoms with Gasteiger partial charge in [0.05, 0.1) is 6.61 Å². The van der Waals surface area contributed by atoms with Gasteiger partial charge in [-0.2, -0.15) is 0 Å². The van der Waals surface area contributed by atoms with Gasteiger partial charge in [0.25, 0.3) is 0 Å². The van der Waals surface area contributed by atoms with Crippen molar-refractivity contribution in [3.63, 3.8) is 0 Å². The van der Waals surface area contributed by atoms with Gasteiger partial charge in [-0.25, -0.2) is 4.79 Å². The highest BCUT2D eigenvalue weighted by atomic mass is 16.5. The molecule has 3 heteroatoms. The molecule has 1 rings (SSSR count). The highest BCUT2D eigenvalue weighted by Gasteiger charge is 2.18. The first-order valence-electron chi connectivity index (χ1n) is 6.58. The van der Waals surface area contributed by atoms with Crippen LogP contribution in [0.15, 0.2) is 18.2 Å². The largest absolute Gasteiger partial charge is 0.464 e. The molecule has 0 fully saturated rings. The van der Waals surface area contributed by atoms with Gasteiger partial charge in [0.2, 0.25) is 0 Å².